The fraction of sp³-hybridized carbons (Fsp3) is 0.545. The van der Waals surface area contributed by atoms with Gasteiger partial charge in [-0.05, 0) is 12.0 Å². The molecule has 1 rings (SSSR count). The van der Waals surface area contributed by atoms with E-state index in [-0.39, 0.29) is 21.8 Å². The average Bonchev–Trinajstić information content (AvgIpc) is 2.33. The van der Waals surface area contributed by atoms with Gasteiger partial charge in [0.1, 0.15) is 0 Å². The molecule has 1 heterocycles. The SMILES string of the molecule is CCC(CC)CNC(=O)c1cc(Cl)nnc1Cl. The Bertz CT molecular complexity index is 394. The molecule has 0 spiro atoms. The number of carbonyl (C=O) groups excluding carboxylic acids is 1. The van der Waals surface area contributed by atoms with Crippen LogP contribution in [0.1, 0.15) is 37.0 Å². The standard InChI is InChI=1S/C11H15Cl2N3O/c1-3-7(4-2)6-14-11(17)8-5-9(12)15-16-10(8)13/h5,7H,3-4,6H2,1-2H3,(H,14,17). The molecule has 1 aromatic heterocycles. The first kappa shape index (κ1) is 14.2. The average molecular weight is 276 g/mol. The Balaban J connectivity index is 2.66. The van der Waals surface area contributed by atoms with Crippen molar-refractivity contribution in [1.82, 2.24) is 15.5 Å². The smallest absolute Gasteiger partial charge is 0.254 e. The Morgan fingerprint density at radius 2 is 2.00 bits per heavy atom. The molecule has 6 heteroatoms. The fourth-order valence-electron chi connectivity index (χ4n) is 1.42. The van der Waals surface area contributed by atoms with Crippen LogP contribution in [0.15, 0.2) is 6.07 Å². The molecular weight excluding hydrogens is 261 g/mol. The molecule has 0 aliphatic carbocycles. The van der Waals surface area contributed by atoms with E-state index < -0.39 is 0 Å². The largest absolute Gasteiger partial charge is 0.352 e. The zero-order chi connectivity index (χ0) is 12.8. The van der Waals surface area contributed by atoms with Crippen LogP contribution in [-0.2, 0) is 0 Å². The maximum absolute atomic E-state index is 11.8. The second-order valence-electron chi connectivity index (χ2n) is 3.76. The van der Waals surface area contributed by atoms with Gasteiger partial charge in [0, 0.05) is 6.54 Å². The van der Waals surface area contributed by atoms with Gasteiger partial charge in [-0.3, -0.25) is 4.79 Å². The maximum Gasteiger partial charge on any atom is 0.254 e. The molecule has 0 fully saturated rings. The van der Waals surface area contributed by atoms with Gasteiger partial charge < -0.3 is 5.32 Å². The summed E-state index contributed by atoms with van der Waals surface area (Å²) in [6.45, 7) is 4.82. The van der Waals surface area contributed by atoms with E-state index in [0.29, 0.717) is 12.5 Å². The Kier molecular flexibility index (Phi) is 5.65. The second kappa shape index (κ2) is 6.77. The van der Waals surface area contributed by atoms with Gasteiger partial charge in [-0.25, -0.2) is 0 Å². The van der Waals surface area contributed by atoms with Crippen molar-refractivity contribution in [3.05, 3.63) is 21.9 Å². The topological polar surface area (TPSA) is 54.9 Å². The highest BCUT2D eigenvalue weighted by Crippen LogP contribution is 2.15. The van der Waals surface area contributed by atoms with Crippen LogP contribution in [0.3, 0.4) is 0 Å². The van der Waals surface area contributed by atoms with E-state index in [1.165, 1.54) is 6.07 Å². The number of hydrogen-bond acceptors (Lipinski definition) is 3. The first-order chi connectivity index (χ1) is 8.08. The Morgan fingerprint density at radius 3 is 2.59 bits per heavy atom. The number of nitrogens with one attached hydrogen (secondary N) is 1. The first-order valence-electron chi connectivity index (χ1n) is 5.55. The summed E-state index contributed by atoms with van der Waals surface area (Å²) >= 11 is 11.4. The zero-order valence-electron chi connectivity index (χ0n) is 9.83. The lowest BCUT2D eigenvalue weighted by Gasteiger charge is -2.13. The summed E-state index contributed by atoms with van der Waals surface area (Å²) in [5.74, 6) is 0.210. The molecular formula is C11H15Cl2N3O. The number of hydrogen-bond donors (Lipinski definition) is 1. The molecule has 0 aliphatic rings. The van der Waals surface area contributed by atoms with Crippen molar-refractivity contribution in [2.45, 2.75) is 26.7 Å². The molecule has 1 amide bonds. The van der Waals surface area contributed by atoms with E-state index in [0.717, 1.165) is 12.8 Å². The molecule has 4 nitrogen and oxygen atoms in total. The first-order valence-corrected chi connectivity index (χ1v) is 6.31. The summed E-state index contributed by atoms with van der Waals surface area (Å²) in [6, 6.07) is 1.42. The van der Waals surface area contributed by atoms with E-state index in [1.807, 2.05) is 0 Å². The van der Waals surface area contributed by atoms with Crippen molar-refractivity contribution >= 4 is 29.1 Å². The van der Waals surface area contributed by atoms with Gasteiger partial charge in [-0.15, -0.1) is 10.2 Å². The van der Waals surface area contributed by atoms with E-state index in [4.69, 9.17) is 23.2 Å². The van der Waals surface area contributed by atoms with Gasteiger partial charge in [0.2, 0.25) is 0 Å². The van der Waals surface area contributed by atoms with Gasteiger partial charge in [0.25, 0.3) is 5.91 Å². The number of halogens is 2. The maximum atomic E-state index is 11.8. The third-order valence-corrected chi connectivity index (χ3v) is 3.13. The third kappa shape index (κ3) is 4.13. The number of aromatic nitrogens is 2. The Hall–Kier alpha value is -0.870. The Labute approximate surface area is 111 Å². The van der Waals surface area contributed by atoms with Gasteiger partial charge in [-0.1, -0.05) is 49.9 Å². The van der Waals surface area contributed by atoms with Crippen LogP contribution in [-0.4, -0.2) is 22.6 Å². The van der Waals surface area contributed by atoms with Crippen molar-refractivity contribution in [2.24, 2.45) is 5.92 Å². The van der Waals surface area contributed by atoms with E-state index in [1.54, 1.807) is 0 Å². The molecule has 1 N–H and O–H groups in total. The number of rotatable bonds is 5. The number of nitrogens with zero attached hydrogens (tertiary/aromatic N) is 2. The van der Waals surface area contributed by atoms with Crippen molar-refractivity contribution in [3.63, 3.8) is 0 Å². The van der Waals surface area contributed by atoms with Crippen LogP contribution in [0.5, 0.6) is 0 Å². The molecule has 94 valence electrons. The molecule has 0 aromatic carbocycles. The molecule has 0 atom stereocenters. The summed E-state index contributed by atoms with van der Waals surface area (Å²) in [7, 11) is 0. The molecule has 0 unspecified atom stereocenters. The highest BCUT2D eigenvalue weighted by atomic mass is 35.5. The monoisotopic (exact) mass is 275 g/mol. The molecule has 1 aromatic rings. The second-order valence-corrected chi connectivity index (χ2v) is 4.51. The normalized spacial score (nSPS) is 10.6. The molecule has 0 aliphatic heterocycles. The van der Waals surface area contributed by atoms with E-state index in [9.17, 15) is 4.79 Å². The summed E-state index contributed by atoms with van der Waals surface area (Å²) in [5, 5.41) is 10.2. The summed E-state index contributed by atoms with van der Waals surface area (Å²) < 4.78 is 0. The van der Waals surface area contributed by atoms with Crippen molar-refractivity contribution in [2.75, 3.05) is 6.54 Å². The van der Waals surface area contributed by atoms with Crippen molar-refractivity contribution in [3.8, 4) is 0 Å². The lowest BCUT2D eigenvalue weighted by molar-refractivity contribution is 0.0946. The fourth-order valence-corrected chi connectivity index (χ4v) is 1.75. The van der Waals surface area contributed by atoms with Crippen LogP contribution in [0.2, 0.25) is 10.3 Å². The van der Waals surface area contributed by atoms with Crippen molar-refractivity contribution in [1.29, 1.82) is 0 Å². The zero-order valence-corrected chi connectivity index (χ0v) is 11.3. The molecule has 0 saturated carbocycles. The van der Waals surface area contributed by atoms with E-state index in [2.05, 4.69) is 29.4 Å². The third-order valence-electron chi connectivity index (χ3n) is 2.67. The summed E-state index contributed by atoms with van der Waals surface area (Å²) in [5.41, 5.74) is 0.262. The van der Waals surface area contributed by atoms with Gasteiger partial charge in [0.05, 0.1) is 5.56 Å². The summed E-state index contributed by atoms with van der Waals surface area (Å²) in [4.78, 5) is 11.8. The minimum Gasteiger partial charge on any atom is -0.352 e. The molecule has 0 saturated heterocycles. The highest BCUT2D eigenvalue weighted by molar-refractivity contribution is 6.34. The van der Waals surface area contributed by atoms with Crippen molar-refractivity contribution < 1.29 is 4.79 Å². The molecule has 0 bridgehead atoms. The molecule has 0 radical (unpaired) electrons. The van der Waals surface area contributed by atoms with Gasteiger partial charge >= 0.3 is 0 Å². The molecule has 17 heavy (non-hydrogen) atoms. The van der Waals surface area contributed by atoms with Gasteiger partial charge in [0.15, 0.2) is 10.3 Å². The lowest BCUT2D eigenvalue weighted by Crippen LogP contribution is -2.29. The Morgan fingerprint density at radius 1 is 1.35 bits per heavy atom. The predicted octanol–water partition coefficient (Wildman–Crippen LogP) is 2.95. The van der Waals surface area contributed by atoms with Crippen LogP contribution >= 0.6 is 23.2 Å². The minimum atomic E-state index is -0.265. The predicted molar refractivity (Wildman–Crippen MR) is 68.5 cm³/mol. The quantitative estimate of drug-likeness (QED) is 0.899. The number of carbonyl (C=O) groups is 1. The van der Waals surface area contributed by atoms with Crippen LogP contribution < -0.4 is 5.32 Å². The van der Waals surface area contributed by atoms with Crippen LogP contribution in [0.4, 0.5) is 0 Å². The number of amides is 1. The van der Waals surface area contributed by atoms with Gasteiger partial charge in [-0.2, -0.15) is 0 Å². The van der Waals surface area contributed by atoms with Crippen LogP contribution in [0.25, 0.3) is 0 Å². The summed E-state index contributed by atoms with van der Waals surface area (Å²) in [6.07, 6.45) is 2.06. The highest BCUT2D eigenvalue weighted by Gasteiger charge is 2.14. The minimum absolute atomic E-state index is 0.0662. The lowest BCUT2D eigenvalue weighted by atomic mass is 10.0. The van der Waals surface area contributed by atoms with E-state index >= 15 is 0 Å². The van der Waals surface area contributed by atoms with Crippen LogP contribution in [0, 0.1) is 5.92 Å².